The van der Waals surface area contributed by atoms with E-state index in [1.165, 1.54) is 0 Å². The fraction of sp³-hybridized carbons (Fsp3) is 0.475. The number of carbonyl (C=O) groups is 4. The summed E-state index contributed by atoms with van der Waals surface area (Å²) in [5.41, 5.74) is 3.64. The van der Waals surface area contributed by atoms with Crippen molar-refractivity contribution >= 4 is 98.8 Å². The molecule has 58 heavy (non-hydrogen) atoms. The Hall–Kier alpha value is -4.05. The number of aromatic nitrogens is 2. The molecule has 18 heteroatoms. The van der Waals surface area contributed by atoms with Crippen molar-refractivity contribution in [1.82, 2.24) is 4.57 Å². The molecule has 1 aromatic heterocycles. The molecule has 0 bridgehead atoms. The maximum atomic E-state index is 12.9. The van der Waals surface area contributed by atoms with Crippen molar-refractivity contribution in [1.29, 1.82) is 0 Å². The Labute approximate surface area is 357 Å². The molecule has 0 aliphatic carbocycles. The van der Waals surface area contributed by atoms with Crippen LogP contribution in [0, 0.1) is 0 Å². The minimum Gasteiger partial charge on any atom is -0.467 e. The zero-order valence-corrected chi connectivity index (χ0v) is 36.3. The number of aryl methyl sites for hydroxylation is 2. The predicted octanol–water partition coefficient (Wildman–Crippen LogP) is 7.27. The van der Waals surface area contributed by atoms with Gasteiger partial charge in [0.2, 0.25) is 0 Å². The number of rotatable bonds is 15. The summed E-state index contributed by atoms with van der Waals surface area (Å²) in [6.07, 6.45) is -0.0732. The number of esters is 4. The summed E-state index contributed by atoms with van der Waals surface area (Å²) in [5.74, 6) is -1.43. The lowest BCUT2D eigenvalue weighted by atomic mass is 9.97. The Morgan fingerprint density at radius 3 is 1.90 bits per heavy atom. The zero-order valence-electron chi connectivity index (χ0n) is 33.3. The number of fused-ring (bicyclic) bond motifs is 2. The zero-order chi connectivity index (χ0) is 42.4. The highest BCUT2D eigenvalue weighted by molar-refractivity contribution is 6.43. The third-order valence-electron chi connectivity index (χ3n) is 9.52. The third kappa shape index (κ3) is 9.69. The van der Waals surface area contributed by atoms with Gasteiger partial charge in [-0.05, 0) is 38.5 Å². The molecule has 3 heterocycles. The molecule has 2 aliphatic heterocycles. The van der Waals surface area contributed by atoms with E-state index in [9.17, 15) is 19.2 Å². The largest absolute Gasteiger partial charge is 0.467 e. The highest BCUT2D eigenvalue weighted by atomic mass is 35.5. The lowest BCUT2D eigenvalue weighted by Crippen LogP contribution is -2.63. The monoisotopic (exact) mass is 883 g/mol. The SMILES string of the molecule is CCC[n+]1c(C=CC=C2N(CC)c3cc(Cl)c(Cl)cc3N2CC)n(CCCO[C@@H]2OC(C(=O)OC)[C@@H](OC(C)=O)[C@@H](OC(C)=O)C2OC(C)=O)c2cc(Cl)c(Cl)cc21. The maximum Gasteiger partial charge on any atom is 0.339 e. The molecule has 0 saturated carbocycles. The second kappa shape index (κ2) is 19.8. The number of imidazole rings is 1. The molecule has 0 spiro atoms. The van der Waals surface area contributed by atoms with Crippen molar-refractivity contribution in [2.24, 2.45) is 0 Å². The summed E-state index contributed by atoms with van der Waals surface area (Å²) in [7, 11) is 1.12. The van der Waals surface area contributed by atoms with E-state index >= 15 is 0 Å². The molecule has 2 aromatic carbocycles. The Morgan fingerprint density at radius 2 is 1.34 bits per heavy atom. The smallest absolute Gasteiger partial charge is 0.339 e. The summed E-state index contributed by atoms with van der Waals surface area (Å²) in [5, 5.41) is 1.76. The van der Waals surface area contributed by atoms with E-state index in [-0.39, 0.29) is 6.61 Å². The first-order valence-corrected chi connectivity index (χ1v) is 20.4. The summed E-state index contributed by atoms with van der Waals surface area (Å²) < 4.78 is 37.6. The standard InChI is InChI=1S/C40H47Cl4N4O10/c1-8-15-47-31-20-27(43)28(44)21-32(31)48(34(47)14-11-13-33-45(9-2)29-18-25(41)26(42)19-30(29)46(33)10-3)16-12-17-54-40-38(57-24(6)51)36(56-23(5)50)35(55-22(4)49)37(58-40)39(52)53-7/h11,13-14,18-21,35-38,40H,8-10,12,15-17H2,1-7H3/q+1/t35-,36+,37?,38?,40+/m0/s1. The van der Waals surface area contributed by atoms with E-state index < -0.39 is 54.6 Å². The van der Waals surface area contributed by atoms with Crippen LogP contribution in [-0.4, -0.2) is 86.0 Å². The highest BCUT2D eigenvalue weighted by Gasteiger charge is 2.55. The van der Waals surface area contributed by atoms with Crippen LogP contribution < -0.4 is 14.4 Å². The van der Waals surface area contributed by atoms with Crippen molar-refractivity contribution in [2.45, 2.75) is 98.2 Å². The molecule has 0 amide bonds. The molecule has 2 unspecified atom stereocenters. The van der Waals surface area contributed by atoms with Gasteiger partial charge in [-0.15, -0.1) is 0 Å². The number of hydrogen-bond donors (Lipinski definition) is 0. The first kappa shape index (κ1) is 45.0. The van der Waals surface area contributed by atoms with Crippen LogP contribution in [0.1, 0.15) is 60.2 Å². The number of hydrogen-bond acceptors (Lipinski definition) is 12. The van der Waals surface area contributed by atoms with Gasteiger partial charge in [-0.2, -0.15) is 0 Å². The van der Waals surface area contributed by atoms with Crippen LogP contribution in [0.25, 0.3) is 17.1 Å². The number of benzene rings is 2. The van der Waals surface area contributed by atoms with Crippen LogP contribution in [0.2, 0.25) is 20.1 Å². The molecule has 314 valence electrons. The maximum absolute atomic E-state index is 12.9. The highest BCUT2D eigenvalue weighted by Crippen LogP contribution is 2.45. The summed E-state index contributed by atoms with van der Waals surface area (Å²) in [6.45, 7) is 12.1. The van der Waals surface area contributed by atoms with Crippen LogP contribution in [-0.2, 0) is 60.7 Å². The lowest BCUT2D eigenvalue weighted by molar-refractivity contribution is -0.674. The quantitative estimate of drug-likeness (QED) is 0.0657. The van der Waals surface area contributed by atoms with E-state index in [0.717, 1.165) is 68.4 Å². The van der Waals surface area contributed by atoms with Gasteiger partial charge >= 0.3 is 23.9 Å². The summed E-state index contributed by atoms with van der Waals surface area (Å²) in [6, 6.07) is 7.44. The molecule has 5 rings (SSSR count). The van der Waals surface area contributed by atoms with Crippen LogP contribution in [0.5, 0.6) is 0 Å². The third-order valence-corrected chi connectivity index (χ3v) is 11.0. The van der Waals surface area contributed by atoms with Gasteiger partial charge in [0.25, 0.3) is 5.82 Å². The van der Waals surface area contributed by atoms with Gasteiger partial charge in [-0.25, -0.2) is 13.9 Å². The molecule has 0 N–H and O–H groups in total. The second-order valence-corrected chi connectivity index (χ2v) is 15.1. The first-order valence-electron chi connectivity index (χ1n) is 18.9. The van der Waals surface area contributed by atoms with Crippen molar-refractivity contribution in [3.8, 4) is 0 Å². The van der Waals surface area contributed by atoms with Crippen LogP contribution in [0.15, 0.2) is 42.2 Å². The van der Waals surface area contributed by atoms with Gasteiger partial charge in [-0.1, -0.05) is 59.4 Å². The van der Waals surface area contributed by atoms with Gasteiger partial charge in [0.1, 0.15) is 5.82 Å². The molecule has 14 nitrogen and oxygen atoms in total. The van der Waals surface area contributed by atoms with Crippen LogP contribution in [0.4, 0.5) is 11.4 Å². The number of anilines is 2. The minimum atomic E-state index is -1.57. The fourth-order valence-corrected chi connectivity index (χ4v) is 7.91. The molecule has 1 fully saturated rings. The van der Waals surface area contributed by atoms with E-state index in [2.05, 4.69) is 39.7 Å². The summed E-state index contributed by atoms with van der Waals surface area (Å²) >= 11 is 26.0. The number of ether oxygens (including phenoxy) is 6. The topological polar surface area (TPSA) is 139 Å². The molecule has 2 aliphatic rings. The van der Waals surface area contributed by atoms with Gasteiger partial charge < -0.3 is 38.2 Å². The number of halogens is 4. The second-order valence-electron chi connectivity index (χ2n) is 13.4. The molecule has 0 radical (unpaired) electrons. The Morgan fingerprint density at radius 1 is 0.793 bits per heavy atom. The van der Waals surface area contributed by atoms with Crippen molar-refractivity contribution in [3.05, 3.63) is 68.2 Å². The molecule has 3 aromatic rings. The average Bonchev–Trinajstić information content (AvgIpc) is 3.60. The fourth-order valence-electron chi connectivity index (χ4n) is 7.28. The van der Waals surface area contributed by atoms with Crippen molar-refractivity contribution in [3.63, 3.8) is 0 Å². The van der Waals surface area contributed by atoms with Crippen LogP contribution >= 0.6 is 46.4 Å². The van der Waals surface area contributed by atoms with Crippen molar-refractivity contribution < 1.29 is 52.2 Å². The lowest BCUT2D eigenvalue weighted by Gasteiger charge is -2.43. The number of methoxy groups -OCH3 is 1. The Bertz CT molecular complexity index is 2070. The normalized spacial score (nSPS) is 20.4. The van der Waals surface area contributed by atoms with E-state index in [0.29, 0.717) is 52.7 Å². The Balaban J connectivity index is 1.48. The van der Waals surface area contributed by atoms with E-state index in [1.807, 2.05) is 42.5 Å². The van der Waals surface area contributed by atoms with Gasteiger partial charge in [0.15, 0.2) is 41.7 Å². The molecule has 5 atom stereocenters. The molecule has 1 saturated heterocycles. The molecular weight excluding hydrogens is 838 g/mol. The first-order chi connectivity index (χ1) is 27.6. The summed E-state index contributed by atoms with van der Waals surface area (Å²) in [4.78, 5) is 53.8. The minimum absolute atomic E-state index is 0.0175. The van der Waals surface area contributed by atoms with Gasteiger partial charge in [0.05, 0.1) is 58.3 Å². The van der Waals surface area contributed by atoms with E-state index in [1.54, 1.807) is 0 Å². The average molecular weight is 886 g/mol. The van der Waals surface area contributed by atoms with Crippen molar-refractivity contribution in [2.75, 3.05) is 36.6 Å². The number of allylic oxidation sites excluding steroid dienone is 2. The molecular formula is C40H47Cl4N4O10+. The van der Waals surface area contributed by atoms with Crippen LogP contribution in [0.3, 0.4) is 0 Å². The predicted molar refractivity (Wildman–Crippen MR) is 220 cm³/mol. The van der Waals surface area contributed by atoms with Gasteiger partial charge in [-0.3, -0.25) is 14.4 Å². The Kier molecular flexibility index (Phi) is 15.4. The number of nitrogens with zero attached hydrogens (tertiary/aromatic N) is 4. The number of carbonyl (C=O) groups excluding carboxylic acids is 4. The van der Waals surface area contributed by atoms with E-state index in [4.69, 9.17) is 74.8 Å². The van der Waals surface area contributed by atoms with Gasteiger partial charge in [0, 0.05) is 58.5 Å².